The smallest absolute Gasteiger partial charge is 0.228 e. The topological polar surface area (TPSA) is 44.1 Å². The monoisotopic (exact) mass is 248 g/mol. The first-order chi connectivity index (χ1) is 8.63. The van der Waals surface area contributed by atoms with Crippen LogP contribution in [-0.2, 0) is 7.05 Å². The second-order valence-corrected chi connectivity index (χ2v) is 3.77. The predicted octanol–water partition coefficient (Wildman–Crippen LogP) is 2.19. The minimum atomic E-state index is -0.545. The zero-order chi connectivity index (χ0) is 13.1. The quantitative estimate of drug-likeness (QED) is 0.779. The van der Waals surface area contributed by atoms with Crippen LogP contribution in [0.2, 0.25) is 0 Å². The van der Waals surface area contributed by atoms with E-state index in [9.17, 15) is 9.18 Å². The average Bonchev–Trinajstić information content (AvgIpc) is 2.77. The van der Waals surface area contributed by atoms with Gasteiger partial charge in [-0.05, 0) is 25.1 Å². The van der Waals surface area contributed by atoms with Gasteiger partial charge in [-0.1, -0.05) is 0 Å². The average molecular weight is 248 g/mol. The first kappa shape index (κ1) is 12.3. The van der Waals surface area contributed by atoms with Gasteiger partial charge in [-0.15, -0.1) is 0 Å². The molecule has 0 unspecified atom stereocenters. The molecule has 0 saturated heterocycles. The summed E-state index contributed by atoms with van der Waals surface area (Å²) in [5.74, 6) is -0.436. The van der Waals surface area contributed by atoms with E-state index in [2.05, 4.69) is 4.98 Å². The molecule has 94 valence electrons. The van der Waals surface area contributed by atoms with Crippen molar-refractivity contribution in [3.63, 3.8) is 0 Å². The number of imidazole rings is 1. The number of aromatic nitrogens is 2. The van der Waals surface area contributed by atoms with Gasteiger partial charge in [-0.25, -0.2) is 9.37 Å². The minimum absolute atomic E-state index is 0.147. The van der Waals surface area contributed by atoms with Crippen molar-refractivity contribution in [1.82, 2.24) is 9.55 Å². The lowest BCUT2D eigenvalue weighted by molar-refractivity contribution is 0.102. The SMILES string of the molecule is CCOc1ccc(C(=O)c2nccn2C)cc1F. The maximum atomic E-state index is 13.6. The van der Waals surface area contributed by atoms with Gasteiger partial charge in [0.05, 0.1) is 6.61 Å². The minimum Gasteiger partial charge on any atom is -0.491 e. The van der Waals surface area contributed by atoms with Crippen molar-refractivity contribution in [2.24, 2.45) is 7.05 Å². The Balaban J connectivity index is 2.32. The molecule has 0 aliphatic carbocycles. The third kappa shape index (κ3) is 2.25. The van der Waals surface area contributed by atoms with Crippen LogP contribution in [0.1, 0.15) is 23.1 Å². The summed E-state index contributed by atoms with van der Waals surface area (Å²) in [6, 6.07) is 4.15. The first-order valence-electron chi connectivity index (χ1n) is 5.58. The number of hydrogen-bond donors (Lipinski definition) is 0. The van der Waals surface area contributed by atoms with Gasteiger partial charge in [0.25, 0.3) is 0 Å². The molecule has 0 aliphatic heterocycles. The summed E-state index contributed by atoms with van der Waals surface area (Å²) in [7, 11) is 1.71. The molecule has 0 N–H and O–H groups in total. The number of rotatable bonds is 4. The molecule has 0 fully saturated rings. The number of carbonyl (C=O) groups is 1. The van der Waals surface area contributed by atoms with Crippen LogP contribution in [0.4, 0.5) is 4.39 Å². The van der Waals surface area contributed by atoms with E-state index in [-0.39, 0.29) is 22.9 Å². The number of aryl methyl sites for hydroxylation is 1. The molecule has 18 heavy (non-hydrogen) atoms. The maximum absolute atomic E-state index is 13.6. The van der Waals surface area contributed by atoms with Crippen LogP contribution in [0, 0.1) is 5.82 Å². The standard InChI is InChI=1S/C13H13FN2O2/c1-3-18-11-5-4-9(8-10(11)14)12(17)13-15-6-7-16(13)2/h4-8H,3H2,1-2H3. The molecule has 0 radical (unpaired) electrons. The molecule has 1 aromatic carbocycles. The zero-order valence-corrected chi connectivity index (χ0v) is 10.2. The van der Waals surface area contributed by atoms with Gasteiger partial charge >= 0.3 is 0 Å². The van der Waals surface area contributed by atoms with Gasteiger partial charge in [0.1, 0.15) is 0 Å². The van der Waals surface area contributed by atoms with E-state index in [0.29, 0.717) is 6.61 Å². The second kappa shape index (κ2) is 5.00. The molecule has 0 atom stereocenters. The molecule has 0 aliphatic rings. The van der Waals surface area contributed by atoms with E-state index in [1.54, 1.807) is 24.7 Å². The Morgan fingerprint density at radius 3 is 2.83 bits per heavy atom. The largest absolute Gasteiger partial charge is 0.491 e. The van der Waals surface area contributed by atoms with Gasteiger partial charge < -0.3 is 9.30 Å². The first-order valence-corrected chi connectivity index (χ1v) is 5.58. The van der Waals surface area contributed by atoms with Crippen molar-refractivity contribution < 1.29 is 13.9 Å². The summed E-state index contributed by atoms with van der Waals surface area (Å²) < 4.78 is 20.3. The van der Waals surface area contributed by atoms with Crippen LogP contribution < -0.4 is 4.74 Å². The molecule has 2 aromatic rings. The van der Waals surface area contributed by atoms with E-state index in [1.165, 1.54) is 24.4 Å². The van der Waals surface area contributed by atoms with E-state index < -0.39 is 5.82 Å². The fraction of sp³-hybridized carbons (Fsp3) is 0.231. The molecule has 5 heteroatoms. The molecule has 0 amide bonds. The number of benzene rings is 1. The lowest BCUT2D eigenvalue weighted by atomic mass is 10.1. The van der Waals surface area contributed by atoms with Crippen LogP contribution in [0.5, 0.6) is 5.75 Å². The molecular formula is C13H13FN2O2. The third-order valence-corrected chi connectivity index (χ3v) is 2.52. The summed E-state index contributed by atoms with van der Waals surface area (Å²) in [4.78, 5) is 16.0. The fourth-order valence-electron chi connectivity index (χ4n) is 1.63. The van der Waals surface area contributed by atoms with Gasteiger partial charge in [0, 0.05) is 25.0 Å². The molecule has 0 spiro atoms. The lowest BCUT2D eigenvalue weighted by Crippen LogP contribution is -2.09. The number of halogens is 1. The number of carbonyl (C=O) groups excluding carboxylic acids is 1. The highest BCUT2D eigenvalue weighted by atomic mass is 19.1. The highest BCUT2D eigenvalue weighted by Gasteiger charge is 2.15. The number of ether oxygens (including phenoxy) is 1. The van der Waals surface area contributed by atoms with Crippen LogP contribution >= 0.6 is 0 Å². The van der Waals surface area contributed by atoms with Crippen LogP contribution in [0.25, 0.3) is 0 Å². The van der Waals surface area contributed by atoms with Gasteiger partial charge in [-0.2, -0.15) is 0 Å². The maximum Gasteiger partial charge on any atom is 0.228 e. The molecule has 4 nitrogen and oxygen atoms in total. The summed E-state index contributed by atoms with van der Waals surface area (Å²) in [5, 5.41) is 0. The second-order valence-electron chi connectivity index (χ2n) is 3.77. The van der Waals surface area contributed by atoms with Crippen molar-refractivity contribution in [1.29, 1.82) is 0 Å². The Kier molecular flexibility index (Phi) is 3.41. The number of nitrogens with zero attached hydrogens (tertiary/aromatic N) is 2. The molecule has 1 heterocycles. The summed E-state index contributed by atoms with van der Waals surface area (Å²) in [5.41, 5.74) is 0.255. The zero-order valence-electron chi connectivity index (χ0n) is 10.2. The predicted molar refractivity (Wildman–Crippen MR) is 64.2 cm³/mol. The van der Waals surface area contributed by atoms with Crippen molar-refractivity contribution in [2.75, 3.05) is 6.61 Å². The Morgan fingerprint density at radius 1 is 1.50 bits per heavy atom. The molecule has 1 aromatic heterocycles. The molecule has 0 bridgehead atoms. The number of hydrogen-bond acceptors (Lipinski definition) is 3. The van der Waals surface area contributed by atoms with Gasteiger partial charge in [0.2, 0.25) is 5.78 Å². The molecule has 2 rings (SSSR count). The fourth-order valence-corrected chi connectivity index (χ4v) is 1.63. The van der Waals surface area contributed by atoms with Gasteiger partial charge in [-0.3, -0.25) is 4.79 Å². The Morgan fingerprint density at radius 2 is 2.28 bits per heavy atom. The normalized spacial score (nSPS) is 10.4. The van der Waals surface area contributed by atoms with Gasteiger partial charge in [0.15, 0.2) is 17.4 Å². The Hall–Kier alpha value is -2.17. The van der Waals surface area contributed by atoms with Crippen LogP contribution in [-0.4, -0.2) is 21.9 Å². The Bertz CT molecular complexity index is 578. The highest BCUT2D eigenvalue weighted by Crippen LogP contribution is 2.19. The summed E-state index contributed by atoms with van der Waals surface area (Å²) in [6.45, 7) is 2.15. The third-order valence-electron chi connectivity index (χ3n) is 2.52. The van der Waals surface area contributed by atoms with Crippen molar-refractivity contribution in [3.05, 3.63) is 47.8 Å². The van der Waals surface area contributed by atoms with E-state index >= 15 is 0 Å². The van der Waals surface area contributed by atoms with Crippen LogP contribution in [0.3, 0.4) is 0 Å². The van der Waals surface area contributed by atoms with Crippen molar-refractivity contribution >= 4 is 5.78 Å². The molecular weight excluding hydrogens is 235 g/mol. The number of ketones is 1. The van der Waals surface area contributed by atoms with Crippen molar-refractivity contribution in [3.8, 4) is 5.75 Å². The summed E-state index contributed by atoms with van der Waals surface area (Å²) >= 11 is 0. The van der Waals surface area contributed by atoms with Crippen LogP contribution in [0.15, 0.2) is 30.6 Å². The van der Waals surface area contributed by atoms with E-state index in [1.807, 2.05) is 0 Å². The summed E-state index contributed by atoms with van der Waals surface area (Å²) in [6.07, 6.45) is 3.19. The highest BCUT2D eigenvalue weighted by molar-refractivity contribution is 6.06. The lowest BCUT2D eigenvalue weighted by Gasteiger charge is -2.06. The van der Waals surface area contributed by atoms with Crippen molar-refractivity contribution in [2.45, 2.75) is 6.92 Å². The Labute approximate surface area is 104 Å². The van der Waals surface area contributed by atoms with E-state index in [4.69, 9.17) is 4.74 Å². The van der Waals surface area contributed by atoms with E-state index in [0.717, 1.165) is 0 Å². The molecule has 0 saturated carbocycles.